The SMILES string of the molecule is CCn1c(=O)n(CC)c2cc3c(N4CCC(n5c(=O)c6cc(C)ccc6n(C)c5=O)CC4)nnc(N4CCCCCC4)c3cc21. The monoisotopic (exact) mass is 610 g/mol. The maximum absolute atomic E-state index is 13.6. The summed E-state index contributed by atoms with van der Waals surface area (Å²) in [7, 11) is 1.74. The van der Waals surface area contributed by atoms with E-state index >= 15 is 0 Å². The first-order valence-corrected chi connectivity index (χ1v) is 16.5. The number of anilines is 2. The predicted molar refractivity (Wildman–Crippen MR) is 180 cm³/mol. The second kappa shape index (κ2) is 11.5. The number of aryl methyl sites for hydroxylation is 4. The highest BCUT2D eigenvalue weighted by Crippen LogP contribution is 2.36. The second-order valence-corrected chi connectivity index (χ2v) is 12.7. The highest BCUT2D eigenvalue weighted by molar-refractivity contribution is 6.05. The minimum absolute atomic E-state index is 0.00233. The number of piperidine rings is 1. The van der Waals surface area contributed by atoms with Gasteiger partial charge >= 0.3 is 11.4 Å². The van der Waals surface area contributed by atoms with Crippen LogP contribution < -0.4 is 26.7 Å². The molecule has 0 unspecified atom stereocenters. The Morgan fingerprint density at radius 3 is 1.80 bits per heavy atom. The van der Waals surface area contributed by atoms with Gasteiger partial charge in [-0.25, -0.2) is 9.59 Å². The summed E-state index contributed by atoms with van der Waals surface area (Å²) in [5, 5.41) is 12.3. The molecule has 45 heavy (non-hydrogen) atoms. The number of fused-ring (bicyclic) bond motifs is 3. The average Bonchev–Trinajstić information content (AvgIpc) is 3.18. The molecule has 2 aliphatic rings. The van der Waals surface area contributed by atoms with E-state index in [2.05, 4.69) is 21.9 Å². The summed E-state index contributed by atoms with van der Waals surface area (Å²) < 4.78 is 6.73. The van der Waals surface area contributed by atoms with E-state index < -0.39 is 0 Å². The van der Waals surface area contributed by atoms with Gasteiger partial charge in [0.2, 0.25) is 0 Å². The van der Waals surface area contributed by atoms with Gasteiger partial charge in [0.15, 0.2) is 11.6 Å². The van der Waals surface area contributed by atoms with Crippen molar-refractivity contribution in [1.29, 1.82) is 0 Å². The van der Waals surface area contributed by atoms with E-state index in [0.717, 1.165) is 64.9 Å². The van der Waals surface area contributed by atoms with Crippen molar-refractivity contribution in [1.82, 2.24) is 28.5 Å². The summed E-state index contributed by atoms with van der Waals surface area (Å²) in [6, 6.07) is 9.72. The van der Waals surface area contributed by atoms with Crippen LogP contribution in [-0.4, -0.2) is 54.6 Å². The van der Waals surface area contributed by atoms with Gasteiger partial charge in [0.25, 0.3) is 5.56 Å². The minimum atomic E-state index is -0.276. The second-order valence-electron chi connectivity index (χ2n) is 12.7. The van der Waals surface area contributed by atoms with Crippen molar-refractivity contribution in [3.05, 3.63) is 67.2 Å². The molecule has 0 atom stereocenters. The molecule has 3 aromatic heterocycles. The Morgan fingerprint density at radius 2 is 1.24 bits per heavy atom. The fourth-order valence-corrected chi connectivity index (χ4v) is 7.55. The van der Waals surface area contributed by atoms with Crippen LogP contribution in [0, 0.1) is 6.92 Å². The number of hydrogen-bond acceptors (Lipinski definition) is 7. The molecule has 0 saturated carbocycles. The van der Waals surface area contributed by atoms with Crippen LogP contribution in [0.2, 0.25) is 0 Å². The van der Waals surface area contributed by atoms with E-state index in [1.807, 2.05) is 48.1 Å². The van der Waals surface area contributed by atoms with Gasteiger partial charge < -0.3 is 9.80 Å². The molecular formula is C34H42N8O3. The minimum Gasteiger partial charge on any atom is -0.355 e. The van der Waals surface area contributed by atoms with Crippen LogP contribution in [0.5, 0.6) is 0 Å². The lowest BCUT2D eigenvalue weighted by Gasteiger charge is -2.34. The third kappa shape index (κ3) is 4.74. The van der Waals surface area contributed by atoms with Crippen molar-refractivity contribution in [2.75, 3.05) is 36.0 Å². The molecule has 11 nitrogen and oxygen atoms in total. The Bertz CT molecular complexity index is 2100. The lowest BCUT2D eigenvalue weighted by atomic mass is 10.0. The van der Waals surface area contributed by atoms with E-state index in [1.54, 1.807) is 11.6 Å². The van der Waals surface area contributed by atoms with Crippen LogP contribution in [0.1, 0.15) is 64.0 Å². The molecular weight excluding hydrogens is 568 g/mol. The number of hydrogen-bond donors (Lipinski definition) is 0. The summed E-state index contributed by atoms with van der Waals surface area (Å²) in [6.07, 6.45) is 5.96. The van der Waals surface area contributed by atoms with Crippen molar-refractivity contribution in [3.63, 3.8) is 0 Å². The van der Waals surface area contributed by atoms with Crippen LogP contribution >= 0.6 is 0 Å². The molecule has 0 radical (unpaired) electrons. The fourth-order valence-electron chi connectivity index (χ4n) is 7.55. The van der Waals surface area contributed by atoms with E-state index in [9.17, 15) is 14.4 Å². The number of nitrogens with zero attached hydrogens (tertiary/aromatic N) is 8. The van der Waals surface area contributed by atoms with Gasteiger partial charge in [0, 0.05) is 63.1 Å². The Hall–Kier alpha value is -4.41. The Labute approximate surface area is 261 Å². The first-order chi connectivity index (χ1) is 21.8. The number of aromatic nitrogens is 6. The Balaban J connectivity index is 1.31. The zero-order valence-electron chi connectivity index (χ0n) is 26.8. The van der Waals surface area contributed by atoms with Crippen molar-refractivity contribution in [3.8, 4) is 0 Å². The van der Waals surface area contributed by atoms with Gasteiger partial charge in [-0.15, -0.1) is 10.2 Å². The third-order valence-electron chi connectivity index (χ3n) is 10.0. The number of rotatable bonds is 5. The van der Waals surface area contributed by atoms with Gasteiger partial charge in [-0.3, -0.25) is 23.1 Å². The third-order valence-corrected chi connectivity index (χ3v) is 10.0. The van der Waals surface area contributed by atoms with Gasteiger partial charge in [-0.05, 0) is 70.7 Å². The molecule has 11 heteroatoms. The quantitative estimate of drug-likeness (QED) is 0.292. The number of benzene rings is 2. The van der Waals surface area contributed by atoms with Gasteiger partial charge in [0.05, 0.1) is 21.9 Å². The van der Waals surface area contributed by atoms with Crippen molar-refractivity contribution in [2.45, 2.75) is 78.4 Å². The van der Waals surface area contributed by atoms with Crippen LogP contribution in [0.4, 0.5) is 11.6 Å². The van der Waals surface area contributed by atoms with Crippen molar-refractivity contribution in [2.24, 2.45) is 7.05 Å². The van der Waals surface area contributed by atoms with E-state index in [0.29, 0.717) is 49.9 Å². The Morgan fingerprint density at radius 1 is 0.689 bits per heavy atom. The lowest BCUT2D eigenvalue weighted by molar-refractivity contribution is 0.370. The maximum atomic E-state index is 13.6. The summed E-state index contributed by atoms with van der Waals surface area (Å²) >= 11 is 0. The molecule has 2 aromatic carbocycles. The largest absolute Gasteiger partial charge is 0.355 e. The normalized spacial score (nSPS) is 16.7. The van der Waals surface area contributed by atoms with Crippen LogP contribution in [0.25, 0.3) is 32.7 Å². The molecule has 0 N–H and O–H groups in total. The topological polar surface area (TPSA) is 103 Å². The van der Waals surface area contributed by atoms with Crippen LogP contribution in [0.15, 0.2) is 44.7 Å². The predicted octanol–water partition coefficient (Wildman–Crippen LogP) is 4.33. The van der Waals surface area contributed by atoms with Gasteiger partial charge in [-0.1, -0.05) is 24.5 Å². The van der Waals surface area contributed by atoms with Gasteiger partial charge in [0.1, 0.15) is 0 Å². The van der Waals surface area contributed by atoms with Crippen LogP contribution in [0.3, 0.4) is 0 Å². The van der Waals surface area contributed by atoms with Gasteiger partial charge in [-0.2, -0.15) is 0 Å². The standard InChI is InChI=1S/C34H42N8O3/c1-5-40-28-20-24-25(21-29(28)41(6-2)34(40)45)31(36-35-30(24)38-15-9-7-8-10-16-38)39-17-13-23(14-18-39)42-32(43)26-19-22(3)11-12-27(26)37(4)33(42)44/h11-12,19-21,23H,5-10,13-18H2,1-4H3. The first-order valence-electron chi connectivity index (χ1n) is 16.5. The van der Waals surface area contributed by atoms with Crippen LogP contribution in [-0.2, 0) is 20.1 Å². The molecule has 2 fully saturated rings. The molecule has 0 bridgehead atoms. The molecule has 0 aliphatic carbocycles. The van der Waals surface area contributed by atoms with Crippen molar-refractivity contribution < 1.29 is 0 Å². The zero-order valence-corrected chi connectivity index (χ0v) is 26.8. The molecule has 236 valence electrons. The molecule has 5 aromatic rings. The molecule has 0 spiro atoms. The summed E-state index contributed by atoms with van der Waals surface area (Å²) in [4.78, 5) is 44.9. The first kappa shape index (κ1) is 29.3. The molecule has 2 saturated heterocycles. The Kier molecular flexibility index (Phi) is 7.49. The van der Waals surface area contributed by atoms with E-state index in [4.69, 9.17) is 10.2 Å². The zero-order chi connectivity index (χ0) is 31.4. The summed E-state index contributed by atoms with van der Waals surface area (Å²) in [5.74, 6) is 1.67. The number of imidazole rings is 1. The molecule has 0 amide bonds. The highest BCUT2D eigenvalue weighted by atomic mass is 16.2. The van der Waals surface area contributed by atoms with Crippen molar-refractivity contribution >= 4 is 44.3 Å². The molecule has 2 aliphatic heterocycles. The molecule has 5 heterocycles. The maximum Gasteiger partial charge on any atom is 0.331 e. The fraction of sp³-hybridized carbons (Fsp3) is 0.500. The van der Waals surface area contributed by atoms with E-state index in [1.165, 1.54) is 17.4 Å². The van der Waals surface area contributed by atoms with E-state index in [-0.39, 0.29) is 23.0 Å². The lowest BCUT2D eigenvalue weighted by Crippen LogP contribution is -2.45. The summed E-state index contributed by atoms with van der Waals surface area (Å²) in [6.45, 7) is 10.3. The smallest absolute Gasteiger partial charge is 0.331 e. The average molecular weight is 611 g/mol. The highest BCUT2D eigenvalue weighted by Gasteiger charge is 2.28. The molecule has 7 rings (SSSR count). The summed E-state index contributed by atoms with van der Waals surface area (Å²) in [5.41, 5.74) is 2.99.